The zero-order chi connectivity index (χ0) is 24.1. The lowest BCUT2D eigenvalue weighted by Crippen LogP contribution is -2.26. The van der Waals surface area contributed by atoms with E-state index in [4.69, 9.17) is 4.74 Å². The monoisotopic (exact) mass is 454 g/mol. The molecule has 1 heterocycles. The number of methoxy groups -OCH3 is 1. The van der Waals surface area contributed by atoms with Gasteiger partial charge >= 0.3 is 0 Å². The smallest absolute Gasteiger partial charge is 0.220 e. The number of aryl methyl sites for hydroxylation is 1. The Morgan fingerprint density at radius 2 is 2.09 bits per heavy atom. The van der Waals surface area contributed by atoms with Crippen LogP contribution in [0.25, 0.3) is 22.9 Å². The zero-order valence-corrected chi connectivity index (χ0v) is 19.1. The second-order valence-electron chi connectivity index (χ2n) is 8.12. The largest absolute Gasteiger partial charge is 0.500 e. The van der Waals surface area contributed by atoms with Crippen molar-refractivity contribution in [2.24, 2.45) is 5.92 Å². The number of nitrogens with zero attached hydrogens (tertiary/aromatic N) is 1. The summed E-state index contributed by atoms with van der Waals surface area (Å²) in [5.41, 5.74) is 2.79. The van der Waals surface area contributed by atoms with E-state index in [2.05, 4.69) is 16.9 Å². The molecule has 0 spiro atoms. The number of halogens is 2. The summed E-state index contributed by atoms with van der Waals surface area (Å²) in [5.74, 6) is -1.67. The zero-order valence-electron chi connectivity index (χ0n) is 19.1. The van der Waals surface area contributed by atoms with Gasteiger partial charge in [0.15, 0.2) is 11.6 Å². The number of ether oxygens (including phenoxy) is 1. The number of allylic oxidation sites excluding steroid dienone is 2. The average molecular weight is 455 g/mol. The minimum absolute atomic E-state index is 0.00877. The van der Waals surface area contributed by atoms with Crippen molar-refractivity contribution in [2.45, 2.75) is 39.5 Å². The Morgan fingerprint density at radius 1 is 1.33 bits per heavy atom. The van der Waals surface area contributed by atoms with Gasteiger partial charge in [-0.3, -0.25) is 14.6 Å². The maximum absolute atomic E-state index is 14.3. The summed E-state index contributed by atoms with van der Waals surface area (Å²) < 4.78 is 33.2. The first-order valence-electron chi connectivity index (χ1n) is 11.0. The average Bonchev–Trinajstić information content (AvgIpc) is 3.07. The first-order chi connectivity index (χ1) is 15.8. The van der Waals surface area contributed by atoms with E-state index in [0.717, 1.165) is 25.1 Å². The van der Waals surface area contributed by atoms with Crippen molar-refractivity contribution in [3.63, 3.8) is 0 Å². The predicted octanol–water partition coefficient (Wildman–Crippen LogP) is 5.23. The maximum Gasteiger partial charge on any atom is 0.220 e. The lowest BCUT2D eigenvalue weighted by molar-refractivity contribution is -0.122. The summed E-state index contributed by atoms with van der Waals surface area (Å²) in [4.78, 5) is 29.3. The number of Topliss-reactive ketones (excluding diaryl/α,β-unsaturated/α-hetero) is 1. The summed E-state index contributed by atoms with van der Waals surface area (Å²) in [6, 6.07) is 4.14. The number of carbonyl (C=O) groups is 2. The fourth-order valence-corrected chi connectivity index (χ4v) is 4.24. The first kappa shape index (κ1) is 24.3. The van der Waals surface area contributed by atoms with Crippen LogP contribution >= 0.6 is 0 Å². The summed E-state index contributed by atoms with van der Waals surface area (Å²) in [6.07, 6.45) is 4.74. The number of carbonyl (C=O) groups excluding carboxylic acids is 2. The molecule has 0 fully saturated rings. The minimum atomic E-state index is -0.778. The van der Waals surface area contributed by atoms with Gasteiger partial charge in [-0.05, 0) is 42.2 Å². The van der Waals surface area contributed by atoms with Crippen LogP contribution in [-0.2, 0) is 14.3 Å². The molecule has 1 aromatic carbocycles. The summed E-state index contributed by atoms with van der Waals surface area (Å²) in [5, 5.41) is 2.88. The molecular weight excluding hydrogens is 426 g/mol. The van der Waals surface area contributed by atoms with Crippen LogP contribution in [-0.4, -0.2) is 30.3 Å². The Hall–Kier alpha value is -3.35. The van der Waals surface area contributed by atoms with E-state index < -0.39 is 11.6 Å². The second kappa shape index (κ2) is 10.5. The van der Waals surface area contributed by atoms with Gasteiger partial charge in [-0.1, -0.05) is 26.0 Å². The fourth-order valence-electron chi connectivity index (χ4n) is 4.24. The van der Waals surface area contributed by atoms with Gasteiger partial charge in [-0.2, -0.15) is 0 Å². The molecule has 0 bridgehead atoms. The highest BCUT2D eigenvalue weighted by atomic mass is 19.1. The van der Waals surface area contributed by atoms with Crippen molar-refractivity contribution in [1.82, 2.24) is 10.3 Å². The van der Waals surface area contributed by atoms with Crippen molar-refractivity contribution in [1.29, 1.82) is 0 Å². The Morgan fingerprint density at radius 3 is 2.73 bits per heavy atom. The molecule has 0 aliphatic heterocycles. The number of pyridine rings is 1. The number of amides is 1. The molecule has 1 N–H and O–H groups in total. The van der Waals surface area contributed by atoms with Crippen molar-refractivity contribution < 1.29 is 23.1 Å². The van der Waals surface area contributed by atoms with Crippen molar-refractivity contribution in [3.05, 3.63) is 65.1 Å². The third-order valence-electron chi connectivity index (χ3n) is 5.75. The highest BCUT2D eigenvalue weighted by Gasteiger charge is 2.37. The molecule has 0 saturated heterocycles. The van der Waals surface area contributed by atoms with Gasteiger partial charge in [0.25, 0.3) is 0 Å². The van der Waals surface area contributed by atoms with Gasteiger partial charge < -0.3 is 10.1 Å². The lowest BCUT2D eigenvalue weighted by Gasteiger charge is -2.17. The third kappa shape index (κ3) is 5.18. The van der Waals surface area contributed by atoms with E-state index >= 15 is 0 Å². The number of unbranched alkanes of at least 4 members (excludes halogenated alkanes) is 1. The molecule has 1 aromatic heterocycles. The molecule has 33 heavy (non-hydrogen) atoms. The van der Waals surface area contributed by atoms with Gasteiger partial charge in [0.05, 0.1) is 18.9 Å². The van der Waals surface area contributed by atoms with E-state index in [9.17, 15) is 18.4 Å². The lowest BCUT2D eigenvalue weighted by atomic mass is 9.90. The SMILES string of the molecule is C=Cc1cc(-c2ncc(F)cc2F)cc(C)c1C1=C(OC)C(CC(=O)NCCCC)CC1=O. The Labute approximate surface area is 192 Å². The summed E-state index contributed by atoms with van der Waals surface area (Å²) >= 11 is 0. The van der Waals surface area contributed by atoms with Crippen LogP contribution in [0.1, 0.15) is 49.3 Å². The molecule has 1 aliphatic carbocycles. The molecule has 0 saturated carbocycles. The summed E-state index contributed by atoms with van der Waals surface area (Å²) in [6.45, 7) is 8.29. The van der Waals surface area contributed by atoms with Crippen LogP contribution in [0.15, 0.2) is 36.7 Å². The number of benzene rings is 1. The van der Waals surface area contributed by atoms with Crippen molar-refractivity contribution in [2.75, 3.05) is 13.7 Å². The normalized spacial score (nSPS) is 15.7. The van der Waals surface area contributed by atoms with Crippen LogP contribution in [0.2, 0.25) is 0 Å². The number of hydrogen-bond donors (Lipinski definition) is 1. The van der Waals surface area contributed by atoms with Crippen molar-refractivity contribution in [3.8, 4) is 11.3 Å². The first-order valence-corrected chi connectivity index (χ1v) is 11.0. The highest BCUT2D eigenvalue weighted by molar-refractivity contribution is 6.25. The van der Waals surface area contributed by atoms with E-state index in [-0.39, 0.29) is 36.1 Å². The second-order valence-corrected chi connectivity index (χ2v) is 8.12. The number of nitrogens with one attached hydrogen (secondary N) is 1. The van der Waals surface area contributed by atoms with Crippen LogP contribution in [0.3, 0.4) is 0 Å². The molecule has 1 amide bonds. The van der Waals surface area contributed by atoms with Gasteiger partial charge in [0.2, 0.25) is 5.91 Å². The molecule has 5 nitrogen and oxygen atoms in total. The Bertz CT molecular complexity index is 1120. The molecule has 3 rings (SSSR count). The quantitative estimate of drug-likeness (QED) is 0.527. The molecule has 0 radical (unpaired) electrons. The van der Waals surface area contributed by atoms with E-state index in [1.54, 1.807) is 25.1 Å². The van der Waals surface area contributed by atoms with Gasteiger partial charge in [0.1, 0.15) is 17.3 Å². The standard InChI is InChI=1S/C26H28F2N2O3/c1-5-7-8-29-22(32)12-18-11-21(31)24(26(18)33-4)23-15(3)9-17(10-16(23)6-2)25-20(28)13-19(27)14-30-25/h6,9-10,13-14,18H,2,5,7-8,11-12H2,1,3-4H3,(H,29,32). The van der Waals surface area contributed by atoms with Crippen LogP contribution in [0, 0.1) is 24.5 Å². The Balaban J connectivity index is 2.02. The third-order valence-corrected chi connectivity index (χ3v) is 5.75. The minimum Gasteiger partial charge on any atom is -0.500 e. The van der Waals surface area contributed by atoms with E-state index in [0.29, 0.717) is 40.1 Å². The molecule has 7 heteroatoms. The molecule has 1 unspecified atom stereocenters. The topological polar surface area (TPSA) is 68.3 Å². The summed E-state index contributed by atoms with van der Waals surface area (Å²) in [7, 11) is 1.49. The fraction of sp³-hybridized carbons (Fsp3) is 0.346. The molecule has 1 atom stereocenters. The number of rotatable bonds is 9. The van der Waals surface area contributed by atoms with E-state index in [1.165, 1.54) is 7.11 Å². The molecular formula is C26H28F2N2O3. The number of ketones is 1. The van der Waals surface area contributed by atoms with Crippen LogP contribution in [0.5, 0.6) is 0 Å². The maximum atomic E-state index is 14.3. The number of hydrogen-bond acceptors (Lipinski definition) is 4. The van der Waals surface area contributed by atoms with Crippen LogP contribution in [0.4, 0.5) is 8.78 Å². The molecule has 174 valence electrons. The van der Waals surface area contributed by atoms with E-state index in [1.807, 2.05) is 6.92 Å². The van der Waals surface area contributed by atoms with Gasteiger partial charge in [-0.15, -0.1) is 0 Å². The molecule has 1 aliphatic rings. The van der Waals surface area contributed by atoms with Gasteiger partial charge in [0, 0.05) is 36.9 Å². The highest BCUT2D eigenvalue weighted by Crippen LogP contribution is 2.41. The number of aromatic nitrogens is 1. The Kier molecular flexibility index (Phi) is 7.74. The van der Waals surface area contributed by atoms with Gasteiger partial charge in [-0.25, -0.2) is 8.78 Å². The van der Waals surface area contributed by atoms with Crippen LogP contribution < -0.4 is 5.32 Å². The predicted molar refractivity (Wildman–Crippen MR) is 124 cm³/mol. The molecule has 2 aromatic rings. The van der Waals surface area contributed by atoms with Crippen molar-refractivity contribution >= 4 is 23.3 Å².